The lowest BCUT2D eigenvalue weighted by Crippen LogP contribution is -2.64. The molecule has 0 unspecified atom stereocenters. The molecule has 0 N–H and O–H groups in total. The first-order valence-electron chi connectivity index (χ1n) is 31.1. The first kappa shape index (κ1) is 55.0. The summed E-state index contributed by atoms with van der Waals surface area (Å²) in [5.74, 6) is 0. The third-order valence-corrected chi connectivity index (χ3v) is 21.1. The molecule has 0 atom stereocenters. The SMILES string of the molecule is Cc1cc(C)c(N(c2ccccc2)c2cc3c4c(c2)Sc2cc5c(cc2B4c2ccccc2S3)B2c3ccccc3N(c3c(C)cc(C)cc3C)c3cc(N(c4ccccc4)c4c(C)cc(C)cc4C)cc(c32)N5c2ccccc2-c2ccccc2)c(C)c1. The van der Waals surface area contributed by atoms with Crippen LogP contribution in [0, 0.1) is 62.3 Å². The standard InChI is InChI=1S/C81H66B2N4S2/c1-49-37-52(4)79(53(5)38-49)84(59-27-15-11-16-28-59)61-43-71-77-72(44-61)87(81-56(8)41-51(3)42-57(81)9)69-35-23-20-32-64(69)82(77)66-47-67-74(48-70(66)86(71)68-34-22-19-31-63(68)58-25-13-10-14-26-58)89-76-46-62(45-75-78(76)83(67)65-33-21-24-36-73(65)88-75)85(60-29-17-12-18-30-60)80-54(6)39-50(2)40-55(80)7/h10-48H,1-9H3. The van der Waals surface area contributed by atoms with Crippen LogP contribution in [0.4, 0.5) is 68.2 Å². The average Bonchev–Trinajstić information content (AvgIpc) is 0.699. The van der Waals surface area contributed by atoms with Gasteiger partial charge in [-0.2, -0.15) is 0 Å². The quantitative estimate of drug-likeness (QED) is 0.133. The molecule has 89 heavy (non-hydrogen) atoms. The largest absolute Gasteiger partial charge is 0.311 e. The van der Waals surface area contributed by atoms with Crippen molar-refractivity contribution >= 4 is 138 Å². The van der Waals surface area contributed by atoms with Gasteiger partial charge in [-0.15, -0.1) is 0 Å². The fourth-order valence-electron chi connectivity index (χ4n) is 15.7. The number of rotatable bonds is 9. The normalized spacial score (nSPS) is 13.0. The minimum Gasteiger partial charge on any atom is -0.311 e. The maximum atomic E-state index is 2.67. The third-order valence-electron chi connectivity index (χ3n) is 18.8. The van der Waals surface area contributed by atoms with Crippen molar-refractivity contribution in [3.63, 3.8) is 0 Å². The van der Waals surface area contributed by atoms with Crippen LogP contribution in [0.15, 0.2) is 256 Å². The first-order chi connectivity index (χ1) is 43.4. The van der Waals surface area contributed by atoms with Crippen LogP contribution in [0.1, 0.15) is 50.1 Å². The number of nitrogens with zero attached hydrogens (tertiary/aromatic N) is 4. The van der Waals surface area contributed by atoms with Crippen LogP contribution >= 0.6 is 23.5 Å². The van der Waals surface area contributed by atoms with Crippen LogP contribution in [0.2, 0.25) is 0 Å². The van der Waals surface area contributed by atoms with Gasteiger partial charge in [0.1, 0.15) is 0 Å². The van der Waals surface area contributed by atoms with E-state index in [2.05, 4.69) is 319 Å². The van der Waals surface area contributed by atoms with Gasteiger partial charge in [0.05, 0.1) is 28.4 Å². The highest BCUT2D eigenvalue weighted by atomic mass is 32.2. The fraction of sp³-hybridized carbons (Fsp3) is 0.111. The molecule has 0 bridgehead atoms. The van der Waals surface area contributed by atoms with E-state index in [1.807, 2.05) is 23.5 Å². The predicted octanol–water partition coefficient (Wildman–Crippen LogP) is 18.6. The van der Waals surface area contributed by atoms with Gasteiger partial charge in [-0.05, 0) is 196 Å². The van der Waals surface area contributed by atoms with Crippen molar-refractivity contribution in [1.29, 1.82) is 0 Å². The van der Waals surface area contributed by atoms with Crippen LogP contribution in [0.3, 0.4) is 0 Å². The van der Waals surface area contributed by atoms with E-state index in [1.54, 1.807) is 0 Å². The second-order valence-corrected chi connectivity index (χ2v) is 27.2. The number of hydrogen-bond acceptors (Lipinski definition) is 6. The molecule has 4 heterocycles. The Bertz CT molecular complexity index is 4820. The molecule has 4 aliphatic rings. The zero-order valence-electron chi connectivity index (χ0n) is 51.8. The average molecular weight is 1180 g/mol. The predicted molar refractivity (Wildman–Crippen MR) is 384 cm³/mol. The molecule has 4 nitrogen and oxygen atoms in total. The summed E-state index contributed by atoms with van der Waals surface area (Å²) in [6.07, 6.45) is 0. The molecule has 16 rings (SSSR count). The molecule has 12 aromatic rings. The molecule has 4 aliphatic heterocycles. The van der Waals surface area contributed by atoms with Crippen LogP contribution in [-0.2, 0) is 0 Å². The molecule has 0 aliphatic carbocycles. The molecular formula is C81H66B2N4S2. The molecule has 0 saturated carbocycles. The topological polar surface area (TPSA) is 13.0 Å². The van der Waals surface area contributed by atoms with E-state index in [0.717, 1.165) is 34.1 Å². The van der Waals surface area contributed by atoms with Crippen molar-refractivity contribution in [1.82, 2.24) is 0 Å². The monoisotopic (exact) mass is 1180 g/mol. The van der Waals surface area contributed by atoms with Gasteiger partial charge >= 0.3 is 0 Å². The number of hydrogen-bond donors (Lipinski definition) is 0. The van der Waals surface area contributed by atoms with Crippen LogP contribution in [0.5, 0.6) is 0 Å². The minimum absolute atomic E-state index is 0.00276. The Hall–Kier alpha value is -9.33. The summed E-state index contributed by atoms with van der Waals surface area (Å²) in [7, 11) is 0. The summed E-state index contributed by atoms with van der Waals surface area (Å²) < 4.78 is 0. The smallest absolute Gasteiger partial charge is 0.252 e. The number of para-hydroxylation sites is 4. The lowest BCUT2D eigenvalue weighted by atomic mass is 9.31. The Balaban J connectivity index is 1.01. The van der Waals surface area contributed by atoms with Gasteiger partial charge in [0, 0.05) is 65.0 Å². The highest BCUT2D eigenvalue weighted by molar-refractivity contribution is 8.01. The van der Waals surface area contributed by atoms with E-state index in [1.165, 1.54) is 148 Å². The van der Waals surface area contributed by atoms with Crippen molar-refractivity contribution in [3.05, 3.63) is 287 Å². The Labute approximate surface area is 533 Å². The number of aryl methyl sites for hydroxylation is 9. The van der Waals surface area contributed by atoms with Gasteiger partial charge in [0.25, 0.3) is 6.71 Å². The Morgan fingerprint density at radius 2 is 0.742 bits per heavy atom. The van der Waals surface area contributed by atoms with E-state index in [4.69, 9.17) is 0 Å². The summed E-state index contributed by atoms with van der Waals surface area (Å²) in [5.41, 5.74) is 35.6. The summed E-state index contributed by atoms with van der Waals surface area (Å²) in [6.45, 7) is 20.2. The Morgan fingerprint density at radius 1 is 0.292 bits per heavy atom. The Kier molecular flexibility index (Phi) is 13.3. The van der Waals surface area contributed by atoms with Gasteiger partial charge < -0.3 is 19.6 Å². The third kappa shape index (κ3) is 8.92. The molecule has 0 saturated heterocycles. The molecule has 428 valence electrons. The molecular weight excluding hydrogens is 1110 g/mol. The van der Waals surface area contributed by atoms with Crippen LogP contribution in [-0.4, -0.2) is 13.4 Å². The van der Waals surface area contributed by atoms with Crippen molar-refractivity contribution in [2.75, 3.05) is 19.6 Å². The molecule has 12 aromatic carbocycles. The van der Waals surface area contributed by atoms with Gasteiger partial charge in [-0.25, -0.2) is 0 Å². The molecule has 0 radical (unpaired) electrons. The second kappa shape index (κ2) is 21.5. The molecule has 0 spiro atoms. The van der Waals surface area contributed by atoms with Crippen LogP contribution < -0.4 is 52.4 Å². The fourth-order valence-corrected chi connectivity index (χ4v) is 18.2. The summed E-state index contributed by atoms with van der Waals surface area (Å²) in [6, 6.07) is 90.1. The molecule has 8 heteroatoms. The molecule has 0 amide bonds. The zero-order chi connectivity index (χ0) is 60.5. The van der Waals surface area contributed by atoms with Crippen molar-refractivity contribution in [2.45, 2.75) is 81.9 Å². The first-order valence-corrected chi connectivity index (χ1v) is 32.8. The van der Waals surface area contributed by atoms with Gasteiger partial charge in [0.15, 0.2) is 0 Å². The van der Waals surface area contributed by atoms with Gasteiger partial charge in [0.2, 0.25) is 6.71 Å². The minimum atomic E-state index is -0.122. The van der Waals surface area contributed by atoms with Crippen molar-refractivity contribution in [2.24, 2.45) is 0 Å². The molecule has 0 fully saturated rings. The molecule has 0 aromatic heterocycles. The number of fused-ring (bicyclic) bond motifs is 8. The van der Waals surface area contributed by atoms with Crippen LogP contribution in [0.25, 0.3) is 11.1 Å². The summed E-state index contributed by atoms with van der Waals surface area (Å²) >= 11 is 3.87. The lowest BCUT2D eigenvalue weighted by Gasteiger charge is -2.46. The highest BCUT2D eigenvalue weighted by Crippen LogP contribution is 2.53. The van der Waals surface area contributed by atoms with Gasteiger partial charge in [-0.1, -0.05) is 215 Å². The lowest BCUT2D eigenvalue weighted by molar-refractivity contribution is 1.17. The maximum absolute atomic E-state index is 2.67. The van der Waals surface area contributed by atoms with E-state index in [0.29, 0.717) is 0 Å². The highest BCUT2D eigenvalue weighted by Gasteiger charge is 2.47. The maximum Gasteiger partial charge on any atom is 0.252 e. The van der Waals surface area contributed by atoms with E-state index in [-0.39, 0.29) is 13.4 Å². The second-order valence-electron chi connectivity index (χ2n) is 25.0. The Morgan fingerprint density at radius 3 is 1.33 bits per heavy atom. The van der Waals surface area contributed by atoms with E-state index in [9.17, 15) is 0 Å². The van der Waals surface area contributed by atoms with Crippen molar-refractivity contribution < 1.29 is 0 Å². The summed E-state index contributed by atoms with van der Waals surface area (Å²) in [5, 5.41) is 0. The van der Waals surface area contributed by atoms with E-state index >= 15 is 0 Å². The number of anilines is 12. The van der Waals surface area contributed by atoms with Crippen molar-refractivity contribution in [3.8, 4) is 11.1 Å². The van der Waals surface area contributed by atoms with Gasteiger partial charge in [-0.3, -0.25) is 0 Å². The zero-order valence-corrected chi connectivity index (χ0v) is 53.4. The number of benzene rings is 12. The van der Waals surface area contributed by atoms with E-state index < -0.39 is 0 Å². The summed E-state index contributed by atoms with van der Waals surface area (Å²) in [4.78, 5) is 15.5.